The van der Waals surface area contributed by atoms with Gasteiger partial charge in [0.05, 0.1) is 0 Å². The number of hydrogen-bond donors (Lipinski definition) is 1. The molecule has 0 saturated heterocycles. The van der Waals surface area contributed by atoms with Crippen molar-refractivity contribution in [1.29, 1.82) is 0 Å². The molecule has 0 fully saturated rings. The second-order valence-corrected chi connectivity index (χ2v) is 5.54. The van der Waals surface area contributed by atoms with Crippen molar-refractivity contribution in [2.75, 3.05) is 0 Å². The summed E-state index contributed by atoms with van der Waals surface area (Å²) in [4.78, 5) is 3.37. The Morgan fingerprint density at radius 1 is 0.952 bits per heavy atom. The molecule has 1 aromatic heterocycles. The van der Waals surface area contributed by atoms with Gasteiger partial charge >= 0.3 is 0 Å². The number of para-hydroxylation sites is 1. The van der Waals surface area contributed by atoms with Gasteiger partial charge in [0.1, 0.15) is 5.82 Å². The van der Waals surface area contributed by atoms with Gasteiger partial charge in [-0.25, -0.2) is 4.39 Å². The molecule has 0 aliphatic carbocycles. The van der Waals surface area contributed by atoms with Crippen LogP contribution >= 0.6 is 0 Å². The Kier molecular flexibility index (Phi) is 3.54. The molecule has 1 heterocycles. The molecule has 1 N–H and O–H groups in total. The Labute approximate surface area is 124 Å². The highest BCUT2D eigenvalue weighted by Crippen LogP contribution is 2.42. The lowest BCUT2D eigenvalue weighted by Gasteiger charge is -2.32. The molecule has 0 radical (unpaired) electrons. The summed E-state index contributed by atoms with van der Waals surface area (Å²) < 4.78 is 13.3. The van der Waals surface area contributed by atoms with Gasteiger partial charge in [0, 0.05) is 22.5 Å². The number of benzene rings is 2. The van der Waals surface area contributed by atoms with E-state index in [-0.39, 0.29) is 11.2 Å². The molecule has 108 valence electrons. The lowest BCUT2D eigenvalue weighted by atomic mass is 9.70. The summed E-state index contributed by atoms with van der Waals surface area (Å²) in [7, 11) is 0. The van der Waals surface area contributed by atoms with Crippen LogP contribution in [0.3, 0.4) is 0 Å². The number of aromatic nitrogens is 1. The van der Waals surface area contributed by atoms with Crippen LogP contribution in [0.25, 0.3) is 10.9 Å². The number of hydrogen-bond acceptors (Lipinski definition) is 0. The first-order chi connectivity index (χ1) is 10.2. The van der Waals surface area contributed by atoms with Gasteiger partial charge in [-0.2, -0.15) is 0 Å². The molecule has 3 rings (SSSR count). The standard InChI is InChI=1S/C19H20FN/c1-3-19(4-2,14-9-11-15(20)12-10-14)17-13-21-18-8-6-5-7-16(17)18/h5-13,21H,3-4H2,1-2H3. The Morgan fingerprint density at radius 2 is 1.62 bits per heavy atom. The van der Waals surface area contributed by atoms with Gasteiger partial charge in [0.25, 0.3) is 0 Å². The summed E-state index contributed by atoms with van der Waals surface area (Å²) >= 11 is 0. The molecule has 0 bridgehead atoms. The Morgan fingerprint density at radius 3 is 2.29 bits per heavy atom. The van der Waals surface area contributed by atoms with Crippen molar-refractivity contribution in [2.45, 2.75) is 32.1 Å². The average Bonchev–Trinajstić information content (AvgIpc) is 2.96. The molecule has 21 heavy (non-hydrogen) atoms. The molecule has 0 spiro atoms. The molecule has 2 heteroatoms. The molecule has 0 saturated carbocycles. The number of rotatable bonds is 4. The van der Waals surface area contributed by atoms with E-state index in [0.717, 1.165) is 18.4 Å². The van der Waals surface area contributed by atoms with E-state index in [9.17, 15) is 4.39 Å². The van der Waals surface area contributed by atoms with E-state index >= 15 is 0 Å². The lowest BCUT2D eigenvalue weighted by Crippen LogP contribution is -2.25. The van der Waals surface area contributed by atoms with Crippen LogP contribution in [-0.2, 0) is 5.41 Å². The predicted octanol–water partition coefficient (Wildman–Crippen LogP) is 5.41. The molecule has 0 atom stereocenters. The third kappa shape index (κ3) is 2.15. The normalized spacial score (nSPS) is 12.0. The molecule has 0 amide bonds. The van der Waals surface area contributed by atoms with E-state index in [4.69, 9.17) is 0 Å². The maximum Gasteiger partial charge on any atom is 0.123 e. The highest BCUT2D eigenvalue weighted by Gasteiger charge is 2.32. The van der Waals surface area contributed by atoms with Crippen molar-refractivity contribution < 1.29 is 4.39 Å². The predicted molar refractivity (Wildman–Crippen MR) is 86.1 cm³/mol. The Hall–Kier alpha value is -2.09. The third-order valence-corrected chi connectivity index (χ3v) is 4.71. The number of H-pyrrole nitrogens is 1. The van der Waals surface area contributed by atoms with E-state index in [2.05, 4.69) is 43.2 Å². The van der Waals surface area contributed by atoms with Crippen LogP contribution in [-0.4, -0.2) is 4.98 Å². The quantitative estimate of drug-likeness (QED) is 0.658. The van der Waals surface area contributed by atoms with Crippen LogP contribution in [0, 0.1) is 5.82 Å². The summed E-state index contributed by atoms with van der Waals surface area (Å²) in [5, 5.41) is 1.26. The smallest absolute Gasteiger partial charge is 0.123 e. The lowest BCUT2D eigenvalue weighted by molar-refractivity contribution is 0.481. The number of fused-ring (bicyclic) bond motifs is 1. The second kappa shape index (κ2) is 5.36. The zero-order valence-electron chi connectivity index (χ0n) is 12.5. The summed E-state index contributed by atoms with van der Waals surface area (Å²) in [6, 6.07) is 15.3. The SMILES string of the molecule is CCC(CC)(c1ccc(F)cc1)c1c[nH]c2ccccc12. The highest BCUT2D eigenvalue weighted by molar-refractivity contribution is 5.85. The zero-order valence-corrected chi connectivity index (χ0v) is 12.5. The Balaban J connectivity index is 2.23. The van der Waals surface area contributed by atoms with Crippen molar-refractivity contribution in [3.63, 3.8) is 0 Å². The summed E-state index contributed by atoms with van der Waals surface area (Å²) in [5.41, 5.74) is 3.56. The van der Waals surface area contributed by atoms with Crippen LogP contribution in [0.2, 0.25) is 0 Å². The van der Waals surface area contributed by atoms with Crippen molar-refractivity contribution in [1.82, 2.24) is 4.98 Å². The van der Waals surface area contributed by atoms with E-state index in [1.54, 1.807) is 12.1 Å². The first kappa shape index (κ1) is 13.9. The molecule has 1 nitrogen and oxygen atoms in total. The molecule has 2 aromatic carbocycles. The van der Waals surface area contributed by atoms with Crippen LogP contribution in [0.15, 0.2) is 54.7 Å². The first-order valence-corrected chi connectivity index (χ1v) is 7.54. The van der Waals surface area contributed by atoms with Gasteiger partial charge in [0.15, 0.2) is 0 Å². The van der Waals surface area contributed by atoms with Crippen molar-refractivity contribution >= 4 is 10.9 Å². The first-order valence-electron chi connectivity index (χ1n) is 7.54. The molecule has 0 unspecified atom stereocenters. The highest BCUT2D eigenvalue weighted by atomic mass is 19.1. The third-order valence-electron chi connectivity index (χ3n) is 4.71. The van der Waals surface area contributed by atoms with Crippen molar-refractivity contribution in [3.05, 3.63) is 71.7 Å². The van der Waals surface area contributed by atoms with Crippen LogP contribution in [0.4, 0.5) is 4.39 Å². The summed E-state index contributed by atoms with van der Waals surface area (Å²) in [6.07, 6.45) is 4.08. The molecule has 0 aliphatic rings. The van der Waals surface area contributed by atoms with Gasteiger partial charge in [0.2, 0.25) is 0 Å². The molecular formula is C19H20FN. The van der Waals surface area contributed by atoms with Crippen LogP contribution in [0.1, 0.15) is 37.8 Å². The van der Waals surface area contributed by atoms with Crippen molar-refractivity contribution in [2.24, 2.45) is 0 Å². The average molecular weight is 281 g/mol. The largest absolute Gasteiger partial charge is 0.361 e. The fourth-order valence-electron chi connectivity index (χ4n) is 3.43. The minimum Gasteiger partial charge on any atom is -0.361 e. The zero-order chi connectivity index (χ0) is 14.9. The van der Waals surface area contributed by atoms with E-state index in [0.29, 0.717) is 0 Å². The second-order valence-electron chi connectivity index (χ2n) is 5.54. The Bertz CT molecular complexity index is 736. The van der Waals surface area contributed by atoms with E-state index in [1.165, 1.54) is 16.5 Å². The molecule has 0 aliphatic heterocycles. The maximum absolute atomic E-state index is 13.3. The van der Waals surface area contributed by atoms with Gasteiger partial charge in [-0.3, -0.25) is 0 Å². The van der Waals surface area contributed by atoms with Crippen molar-refractivity contribution in [3.8, 4) is 0 Å². The van der Waals surface area contributed by atoms with Crippen LogP contribution < -0.4 is 0 Å². The molecular weight excluding hydrogens is 261 g/mol. The monoisotopic (exact) mass is 281 g/mol. The fourth-order valence-corrected chi connectivity index (χ4v) is 3.43. The minimum atomic E-state index is -0.182. The fraction of sp³-hybridized carbons (Fsp3) is 0.263. The summed E-state index contributed by atoms with van der Waals surface area (Å²) in [6.45, 7) is 4.41. The summed E-state index contributed by atoms with van der Waals surface area (Å²) in [5.74, 6) is -0.182. The van der Waals surface area contributed by atoms with E-state index in [1.807, 2.05) is 18.2 Å². The maximum atomic E-state index is 13.3. The van der Waals surface area contributed by atoms with Gasteiger partial charge in [-0.05, 0) is 42.2 Å². The number of aromatic amines is 1. The molecule has 3 aromatic rings. The van der Waals surface area contributed by atoms with E-state index < -0.39 is 0 Å². The number of nitrogens with one attached hydrogen (secondary N) is 1. The van der Waals surface area contributed by atoms with Gasteiger partial charge in [-0.15, -0.1) is 0 Å². The van der Waals surface area contributed by atoms with Crippen LogP contribution in [0.5, 0.6) is 0 Å². The topological polar surface area (TPSA) is 15.8 Å². The number of halogens is 1. The minimum absolute atomic E-state index is 0.0761. The van der Waals surface area contributed by atoms with Gasteiger partial charge < -0.3 is 4.98 Å². The van der Waals surface area contributed by atoms with Gasteiger partial charge in [-0.1, -0.05) is 44.2 Å².